The molecule has 5 nitrogen and oxygen atoms in total. The molecule has 4 aromatic rings. The van der Waals surface area contributed by atoms with Gasteiger partial charge in [0, 0.05) is 22.8 Å². The second kappa shape index (κ2) is 4.83. The summed E-state index contributed by atoms with van der Waals surface area (Å²) in [5, 5.41) is 10.1. The number of rotatable bonds is 1. The Labute approximate surface area is 137 Å². The van der Waals surface area contributed by atoms with Crippen molar-refractivity contribution in [3.05, 3.63) is 41.3 Å². The first-order valence-electron chi connectivity index (χ1n) is 7.85. The molecule has 4 aromatic heterocycles. The van der Waals surface area contributed by atoms with E-state index in [0.717, 1.165) is 40.6 Å². The fourth-order valence-electron chi connectivity index (χ4n) is 3.43. The molecule has 0 unspecified atom stereocenters. The zero-order valence-electron chi connectivity index (χ0n) is 12.7. The summed E-state index contributed by atoms with van der Waals surface area (Å²) in [7, 11) is 0. The molecular formula is C17H15N5S. The number of fused-ring (bicyclic) bond motifs is 5. The van der Waals surface area contributed by atoms with E-state index >= 15 is 0 Å². The standard InChI is InChI=1S/C17H15N5S/c1-10-4-5-12-13(7-10)23-17-14(12)16-21-20-15(22(16)9-19-17)11-3-2-6-18-8-11/h2-3,6,8-10H,4-5,7H2,1H3/t10-/m0/s1. The van der Waals surface area contributed by atoms with E-state index in [1.54, 1.807) is 6.20 Å². The Bertz CT molecular complexity index is 1020. The third kappa shape index (κ3) is 1.91. The third-order valence-electron chi connectivity index (χ3n) is 4.62. The van der Waals surface area contributed by atoms with Crippen LogP contribution in [0.15, 0.2) is 30.9 Å². The van der Waals surface area contributed by atoms with Crippen molar-refractivity contribution in [3.63, 3.8) is 0 Å². The highest BCUT2D eigenvalue weighted by Crippen LogP contribution is 2.39. The quantitative estimate of drug-likeness (QED) is 0.538. The Balaban J connectivity index is 1.80. The van der Waals surface area contributed by atoms with Gasteiger partial charge in [0.2, 0.25) is 0 Å². The van der Waals surface area contributed by atoms with Gasteiger partial charge in [-0.3, -0.25) is 9.38 Å². The zero-order chi connectivity index (χ0) is 15.4. The van der Waals surface area contributed by atoms with Crippen molar-refractivity contribution in [2.75, 3.05) is 0 Å². The van der Waals surface area contributed by atoms with E-state index in [0.29, 0.717) is 0 Å². The van der Waals surface area contributed by atoms with Crippen LogP contribution in [0, 0.1) is 5.92 Å². The number of aromatic nitrogens is 5. The van der Waals surface area contributed by atoms with Gasteiger partial charge >= 0.3 is 0 Å². The maximum atomic E-state index is 4.68. The van der Waals surface area contributed by atoms with Gasteiger partial charge in [0.1, 0.15) is 11.2 Å². The molecule has 0 N–H and O–H groups in total. The fourth-order valence-corrected chi connectivity index (χ4v) is 4.78. The Kier molecular flexibility index (Phi) is 2.76. The molecule has 0 bridgehead atoms. The normalized spacial score (nSPS) is 17.7. The predicted octanol–water partition coefficient (Wildman–Crippen LogP) is 3.53. The lowest BCUT2D eigenvalue weighted by Gasteiger charge is -2.17. The maximum absolute atomic E-state index is 4.68. The number of hydrogen-bond donors (Lipinski definition) is 0. The van der Waals surface area contributed by atoms with Gasteiger partial charge in [0.25, 0.3) is 0 Å². The molecule has 114 valence electrons. The zero-order valence-corrected chi connectivity index (χ0v) is 13.5. The topological polar surface area (TPSA) is 56.0 Å². The van der Waals surface area contributed by atoms with Crippen LogP contribution >= 0.6 is 11.3 Å². The first-order chi connectivity index (χ1) is 11.3. The highest BCUT2D eigenvalue weighted by atomic mass is 32.1. The molecule has 23 heavy (non-hydrogen) atoms. The van der Waals surface area contributed by atoms with E-state index in [1.165, 1.54) is 22.2 Å². The molecule has 0 saturated heterocycles. The van der Waals surface area contributed by atoms with Gasteiger partial charge < -0.3 is 0 Å². The van der Waals surface area contributed by atoms with Crippen molar-refractivity contribution in [2.45, 2.75) is 26.2 Å². The minimum Gasteiger partial charge on any atom is -0.265 e. The molecule has 5 rings (SSSR count). The summed E-state index contributed by atoms with van der Waals surface area (Å²) in [6, 6.07) is 3.91. The van der Waals surface area contributed by atoms with E-state index < -0.39 is 0 Å². The van der Waals surface area contributed by atoms with E-state index in [9.17, 15) is 0 Å². The second-order valence-electron chi connectivity index (χ2n) is 6.24. The van der Waals surface area contributed by atoms with E-state index in [1.807, 2.05) is 40.4 Å². The van der Waals surface area contributed by atoms with Crippen LogP contribution in [0.2, 0.25) is 0 Å². The van der Waals surface area contributed by atoms with Gasteiger partial charge in [0.05, 0.1) is 5.39 Å². The van der Waals surface area contributed by atoms with Crippen molar-refractivity contribution in [3.8, 4) is 11.4 Å². The lowest BCUT2D eigenvalue weighted by atomic mass is 9.89. The molecule has 0 aromatic carbocycles. The molecule has 0 saturated carbocycles. The Morgan fingerprint density at radius 2 is 2.26 bits per heavy atom. The minimum atomic E-state index is 0.760. The average molecular weight is 321 g/mol. The van der Waals surface area contributed by atoms with E-state index in [-0.39, 0.29) is 0 Å². The van der Waals surface area contributed by atoms with E-state index in [4.69, 9.17) is 0 Å². The molecule has 1 atom stereocenters. The Morgan fingerprint density at radius 1 is 1.30 bits per heavy atom. The number of pyridine rings is 1. The number of aryl methyl sites for hydroxylation is 1. The summed E-state index contributed by atoms with van der Waals surface area (Å²) in [5.41, 5.74) is 3.31. The van der Waals surface area contributed by atoms with Crippen LogP contribution in [-0.4, -0.2) is 24.6 Å². The minimum absolute atomic E-state index is 0.760. The number of hydrogen-bond acceptors (Lipinski definition) is 5. The van der Waals surface area contributed by atoms with Crippen LogP contribution in [-0.2, 0) is 12.8 Å². The number of nitrogens with zero attached hydrogens (tertiary/aromatic N) is 5. The SMILES string of the molecule is C[C@H]1CCc2c(sc3ncn4c(-c5cccnc5)nnc4c23)C1. The van der Waals surface area contributed by atoms with Gasteiger partial charge in [-0.15, -0.1) is 21.5 Å². The van der Waals surface area contributed by atoms with Gasteiger partial charge in [-0.25, -0.2) is 4.98 Å². The van der Waals surface area contributed by atoms with Crippen LogP contribution in [0.25, 0.3) is 27.3 Å². The average Bonchev–Trinajstić information content (AvgIpc) is 3.15. The van der Waals surface area contributed by atoms with E-state index in [2.05, 4.69) is 27.1 Å². The van der Waals surface area contributed by atoms with Crippen molar-refractivity contribution < 1.29 is 0 Å². The van der Waals surface area contributed by atoms with Gasteiger partial charge in [0.15, 0.2) is 11.5 Å². The highest BCUT2D eigenvalue weighted by molar-refractivity contribution is 7.19. The summed E-state index contributed by atoms with van der Waals surface area (Å²) in [6.45, 7) is 2.33. The molecular weight excluding hydrogens is 306 g/mol. The molecule has 1 aliphatic rings. The number of thiophene rings is 1. The Morgan fingerprint density at radius 3 is 3.13 bits per heavy atom. The third-order valence-corrected chi connectivity index (χ3v) is 5.79. The molecule has 0 radical (unpaired) electrons. The molecule has 0 amide bonds. The lowest BCUT2D eigenvalue weighted by Crippen LogP contribution is -2.08. The molecule has 0 spiro atoms. The molecule has 6 heteroatoms. The highest BCUT2D eigenvalue weighted by Gasteiger charge is 2.23. The fraction of sp³-hybridized carbons (Fsp3) is 0.294. The second-order valence-corrected chi connectivity index (χ2v) is 7.32. The van der Waals surface area contributed by atoms with Crippen LogP contribution in [0.3, 0.4) is 0 Å². The first kappa shape index (κ1) is 13.1. The molecule has 0 fully saturated rings. The summed E-state index contributed by atoms with van der Waals surface area (Å²) >= 11 is 1.82. The maximum Gasteiger partial charge on any atom is 0.172 e. The summed E-state index contributed by atoms with van der Waals surface area (Å²) < 4.78 is 1.99. The Hall–Kier alpha value is -2.34. The molecule has 0 aliphatic heterocycles. The van der Waals surface area contributed by atoms with Crippen LogP contribution < -0.4 is 0 Å². The van der Waals surface area contributed by atoms with Crippen molar-refractivity contribution in [1.29, 1.82) is 0 Å². The van der Waals surface area contributed by atoms with Gasteiger partial charge in [-0.2, -0.15) is 0 Å². The smallest absolute Gasteiger partial charge is 0.172 e. The largest absolute Gasteiger partial charge is 0.265 e. The van der Waals surface area contributed by atoms with Crippen LogP contribution in [0.1, 0.15) is 23.8 Å². The summed E-state index contributed by atoms with van der Waals surface area (Å²) in [6.07, 6.45) is 8.93. The van der Waals surface area contributed by atoms with Crippen molar-refractivity contribution >= 4 is 27.2 Å². The van der Waals surface area contributed by atoms with Crippen molar-refractivity contribution in [2.24, 2.45) is 5.92 Å². The van der Waals surface area contributed by atoms with Crippen LogP contribution in [0.5, 0.6) is 0 Å². The van der Waals surface area contributed by atoms with Crippen LogP contribution in [0.4, 0.5) is 0 Å². The molecule has 4 heterocycles. The summed E-state index contributed by atoms with van der Waals surface area (Å²) in [4.78, 5) is 11.4. The monoisotopic (exact) mass is 321 g/mol. The van der Waals surface area contributed by atoms with Gasteiger partial charge in [-0.05, 0) is 42.9 Å². The lowest BCUT2D eigenvalue weighted by molar-refractivity contribution is 0.509. The first-order valence-corrected chi connectivity index (χ1v) is 8.67. The summed E-state index contributed by atoms with van der Waals surface area (Å²) in [5.74, 6) is 1.56. The van der Waals surface area contributed by atoms with Crippen molar-refractivity contribution in [1.82, 2.24) is 24.6 Å². The van der Waals surface area contributed by atoms with Gasteiger partial charge in [-0.1, -0.05) is 6.92 Å². The molecule has 1 aliphatic carbocycles. The predicted molar refractivity (Wildman–Crippen MR) is 90.6 cm³/mol.